The Hall–Kier alpha value is -4.39. The molecule has 0 aliphatic carbocycles. The monoisotopic (exact) mass is 493 g/mol. The zero-order valence-electron chi connectivity index (χ0n) is 20.4. The predicted octanol–water partition coefficient (Wildman–Crippen LogP) is 5.27. The van der Waals surface area contributed by atoms with Gasteiger partial charge in [-0.15, -0.1) is 0 Å². The Kier molecular flexibility index (Phi) is 6.18. The first-order valence-electron chi connectivity index (χ1n) is 12.6. The van der Waals surface area contributed by atoms with E-state index in [0.717, 1.165) is 42.0 Å². The van der Waals surface area contributed by atoms with Gasteiger partial charge >= 0.3 is 0 Å². The van der Waals surface area contributed by atoms with E-state index >= 15 is 0 Å². The quantitative estimate of drug-likeness (QED) is 0.322. The molecule has 0 spiro atoms. The Balaban J connectivity index is 1.16. The van der Waals surface area contributed by atoms with Crippen molar-refractivity contribution in [3.8, 4) is 5.75 Å². The third kappa shape index (κ3) is 4.72. The number of rotatable bonds is 6. The van der Waals surface area contributed by atoms with E-state index in [2.05, 4.69) is 10.6 Å². The third-order valence-electron chi connectivity index (χ3n) is 7.03. The SMILES string of the molecule is O=C(c1cc(=O)c2ccccc2o1)N1CCC(Cn2c(COc3ccccc3)nc3ccccc32)CC1. The van der Waals surface area contributed by atoms with Crippen LogP contribution in [-0.4, -0.2) is 33.4 Å². The van der Waals surface area contributed by atoms with Crippen LogP contribution in [0.1, 0.15) is 29.2 Å². The van der Waals surface area contributed by atoms with Gasteiger partial charge in [0.05, 0.1) is 16.4 Å². The van der Waals surface area contributed by atoms with E-state index in [0.29, 0.717) is 36.6 Å². The number of carbonyl (C=O) groups excluding carboxylic acids is 1. The Labute approximate surface area is 213 Å². The zero-order valence-corrected chi connectivity index (χ0v) is 20.4. The van der Waals surface area contributed by atoms with Gasteiger partial charge in [-0.25, -0.2) is 4.98 Å². The molecule has 0 saturated carbocycles. The molecule has 37 heavy (non-hydrogen) atoms. The minimum atomic E-state index is -0.230. The van der Waals surface area contributed by atoms with Gasteiger partial charge in [0.1, 0.15) is 23.8 Å². The van der Waals surface area contributed by atoms with Crippen LogP contribution in [0.2, 0.25) is 0 Å². The minimum absolute atomic E-state index is 0.100. The van der Waals surface area contributed by atoms with Crippen molar-refractivity contribution in [2.24, 2.45) is 5.92 Å². The molecule has 1 saturated heterocycles. The number of likely N-dealkylation sites (tertiary alicyclic amines) is 1. The highest BCUT2D eigenvalue weighted by Gasteiger charge is 2.27. The van der Waals surface area contributed by atoms with Gasteiger partial charge in [0, 0.05) is 25.7 Å². The van der Waals surface area contributed by atoms with E-state index in [4.69, 9.17) is 14.1 Å². The molecule has 0 N–H and O–H groups in total. The second-order valence-electron chi connectivity index (χ2n) is 9.44. The zero-order chi connectivity index (χ0) is 25.2. The highest BCUT2D eigenvalue weighted by atomic mass is 16.5. The normalized spacial score (nSPS) is 14.3. The summed E-state index contributed by atoms with van der Waals surface area (Å²) in [4.78, 5) is 32.2. The van der Waals surface area contributed by atoms with E-state index < -0.39 is 0 Å². The number of ether oxygens (including phenoxy) is 1. The summed E-state index contributed by atoms with van der Waals surface area (Å²) in [6.45, 7) is 2.42. The first-order chi connectivity index (χ1) is 18.2. The Morgan fingerprint density at radius 2 is 1.68 bits per heavy atom. The lowest BCUT2D eigenvalue weighted by molar-refractivity contribution is 0.0651. The number of amides is 1. The van der Waals surface area contributed by atoms with Crippen LogP contribution in [0.5, 0.6) is 5.75 Å². The molecule has 0 radical (unpaired) electrons. The summed E-state index contributed by atoms with van der Waals surface area (Å²) in [5, 5.41) is 0.484. The van der Waals surface area contributed by atoms with Crippen LogP contribution >= 0.6 is 0 Å². The van der Waals surface area contributed by atoms with E-state index in [1.54, 1.807) is 29.2 Å². The lowest BCUT2D eigenvalue weighted by Gasteiger charge is -2.32. The maximum Gasteiger partial charge on any atom is 0.289 e. The van der Waals surface area contributed by atoms with Gasteiger partial charge in [-0.3, -0.25) is 9.59 Å². The van der Waals surface area contributed by atoms with Gasteiger partial charge in [-0.1, -0.05) is 42.5 Å². The highest BCUT2D eigenvalue weighted by Crippen LogP contribution is 2.25. The second-order valence-corrected chi connectivity index (χ2v) is 9.44. The van der Waals surface area contributed by atoms with Gasteiger partial charge in [-0.2, -0.15) is 0 Å². The first-order valence-corrected chi connectivity index (χ1v) is 12.6. The average Bonchev–Trinajstić information content (AvgIpc) is 3.29. The molecule has 3 aromatic carbocycles. The van der Waals surface area contributed by atoms with Crippen molar-refractivity contribution in [3.63, 3.8) is 0 Å². The number of aromatic nitrogens is 2. The van der Waals surface area contributed by atoms with Gasteiger partial charge in [-0.05, 0) is 55.2 Å². The molecule has 5 aromatic rings. The van der Waals surface area contributed by atoms with Gasteiger partial charge in [0.2, 0.25) is 0 Å². The number of piperidine rings is 1. The molecular formula is C30H27N3O4. The number of fused-ring (bicyclic) bond motifs is 2. The smallest absolute Gasteiger partial charge is 0.289 e. The number of para-hydroxylation sites is 4. The van der Waals surface area contributed by atoms with E-state index in [1.807, 2.05) is 48.5 Å². The standard InChI is InChI=1S/C30H27N3O4/c34-26-18-28(37-27-13-7-4-10-23(26)27)30(35)32-16-14-21(15-17-32)19-33-25-12-6-5-11-24(25)31-29(33)20-36-22-8-2-1-3-9-22/h1-13,18,21H,14-17,19-20H2. The fourth-order valence-corrected chi connectivity index (χ4v) is 5.05. The summed E-state index contributed by atoms with van der Waals surface area (Å²) < 4.78 is 14.0. The number of hydrogen-bond donors (Lipinski definition) is 0. The van der Waals surface area contributed by atoms with Crippen molar-refractivity contribution in [3.05, 3.63) is 107 Å². The summed E-state index contributed by atoms with van der Waals surface area (Å²) in [5.74, 6) is 1.96. The second kappa shape index (κ2) is 9.93. The van der Waals surface area contributed by atoms with Crippen molar-refractivity contribution < 1.29 is 13.9 Å². The molecule has 0 bridgehead atoms. The molecule has 6 rings (SSSR count). The molecule has 7 nitrogen and oxygen atoms in total. The molecule has 1 amide bonds. The number of imidazole rings is 1. The number of hydrogen-bond acceptors (Lipinski definition) is 5. The summed E-state index contributed by atoms with van der Waals surface area (Å²) in [5.41, 5.74) is 2.28. The molecule has 186 valence electrons. The van der Waals surface area contributed by atoms with Crippen molar-refractivity contribution in [2.45, 2.75) is 26.0 Å². The van der Waals surface area contributed by atoms with Crippen LogP contribution < -0.4 is 10.2 Å². The van der Waals surface area contributed by atoms with Crippen molar-refractivity contribution in [1.29, 1.82) is 0 Å². The molecule has 2 aromatic heterocycles. The van der Waals surface area contributed by atoms with Crippen LogP contribution in [0.3, 0.4) is 0 Å². The molecule has 0 atom stereocenters. The fourth-order valence-electron chi connectivity index (χ4n) is 5.05. The lowest BCUT2D eigenvalue weighted by atomic mass is 9.96. The summed E-state index contributed by atoms with van der Waals surface area (Å²) in [7, 11) is 0. The molecule has 1 aliphatic heterocycles. The maximum absolute atomic E-state index is 13.1. The Bertz CT molecular complexity index is 1610. The molecule has 7 heteroatoms. The first kappa shape index (κ1) is 23.0. The number of nitrogens with zero attached hydrogens (tertiary/aromatic N) is 3. The predicted molar refractivity (Wildman–Crippen MR) is 142 cm³/mol. The fraction of sp³-hybridized carbons (Fsp3) is 0.233. The van der Waals surface area contributed by atoms with Crippen LogP contribution in [0.15, 0.2) is 94.1 Å². The van der Waals surface area contributed by atoms with Crippen LogP contribution in [0.25, 0.3) is 22.0 Å². The largest absolute Gasteiger partial charge is 0.486 e. The third-order valence-corrected chi connectivity index (χ3v) is 7.03. The van der Waals surface area contributed by atoms with Crippen molar-refractivity contribution in [2.75, 3.05) is 13.1 Å². The number of benzene rings is 3. The summed E-state index contributed by atoms with van der Waals surface area (Å²) >= 11 is 0. The van der Waals surface area contributed by atoms with Crippen LogP contribution in [0, 0.1) is 5.92 Å². The van der Waals surface area contributed by atoms with Crippen molar-refractivity contribution >= 4 is 27.9 Å². The molecule has 1 fully saturated rings. The molecule has 0 unspecified atom stereocenters. The highest BCUT2D eigenvalue weighted by molar-refractivity contribution is 5.93. The molecule has 3 heterocycles. The molecular weight excluding hydrogens is 466 g/mol. The van der Waals surface area contributed by atoms with Crippen LogP contribution in [0.4, 0.5) is 0 Å². The number of carbonyl (C=O) groups is 1. The van der Waals surface area contributed by atoms with Gasteiger partial charge < -0.3 is 18.6 Å². The topological polar surface area (TPSA) is 77.6 Å². The van der Waals surface area contributed by atoms with E-state index in [1.165, 1.54) is 6.07 Å². The van der Waals surface area contributed by atoms with E-state index in [-0.39, 0.29) is 17.1 Å². The van der Waals surface area contributed by atoms with Gasteiger partial charge in [0.25, 0.3) is 5.91 Å². The maximum atomic E-state index is 13.1. The van der Waals surface area contributed by atoms with Crippen molar-refractivity contribution in [1.82, 2.24) is 14.5 Å². The van der Waals surface area contributed by atoms with Crippen LogP contribution in [-0.2, 0) is 13.2 Å². The Morgan fingerprint density at radius 1 is 0.946 bits per heavy atom. The lowest BCUT2D eigenvalue weighted by Crippen LogP contribution is -2.39. The minimum Gasteiger partial charge on any atom is -0.486 e. The molecule has 1 aliphatic rings. The Morgan fingerprint density at radius 3 is 2.51 bits per heavy atom. The van der Waals surface area contributed by atoms with E-state index in [9.17, 15) is 9.59 Å². The van der Waals surface area contributed by atoms with Gasteiger partial charge in [0.15, 0.2) is 11.2 Å². The summed E-state index contributed by atoms with van der Waals surface area (Å²) in [6.07, 6.45) is 1.71. The average molecular weight is 494 g/mol. The summed E-state index contributed by atoms with van der Waals surface area (Å²) in [6, 6.07) is 26.2.